The average molecular weight is 596 g/mol. The molecule has 9 heteroatoms. The van der Waals surface area contributed by atoms with Crippen molar-refractivity contribution < 1.29 is 14.4 Å². The molecule has 4 rings (SSSR count). The fourth-order valence-corrected chi connectivity index (χ4v) is 4.95. The highest BCUT2D eigenvalue weighted by molar-refractivity contribution is 8.00. The van der Waals surface area contributed by atoms with Crippen molar-refractivity contribution >= 4 is 75.9 Å². The van der Waals surface area contributed by atoms with Crippen LogP contribution in [0.4, 0.5) is 5.69 Å². The third-order valence-corrected chi connectivity index (χ3v) is 7.35. The lowest BCUT2D eigenvalue weighted by Crippen LogP contribution is -2.30. The van der Waals surface area contributed by atoms with Crippen LogP contribution in [0.15, 0.2) is 108 Å². The van der Waals surface area contributed by atoms with Crippen molar-refractivity contribution in [2.75, 3.05) is 11.1 Å². The number of thioether (sulfide) groups is 1. The highest BCUT2D eigenvalue weighted by Crippen LogP contribution is 2.25. The Balaban J connectivity index is 1.47. The number of nitrogens with one attached hydrogen (secondary N) is 2. The molecule has 0 fully saturated rings. The molecule has 0 atom stereocenters. The molecule has 0 aliphatic heterocycles. The van der Waals surface area contributed by atoms with Gasteiger partial charge in [-0.15, -0.1) is 11.8 Å². The van der Waals surface area contributed by atoms with Gasteiger partial charge in [-0.25, -0.2) is 0 Å². The first kappa shape index (κ1) is 28.5. The molecule has 0 unspecified atom stereocenters. The first-order chi connectivity index (χ1) is 18.8. The quantitative estimate of drug-likeness (QED) is 0.117. The van der Waals surface area contributed by atoms with Crippen molar-refractivity contribution in [2.24, 2.45) is 0 Å². The molecule has 0 radical (unpaired) electrons. The van der Waals surface area contributed by atoms with E-state index in [9.17, 15) is 14.4 Å². The van der Waals surface area contributed by atoms with Gasteiger partial charge in [0.05, 0.1) is 10.8 Å². The fourth-order valence-electron chi connectivity index (χ4n) is 3.46. The van der Waals surface area contributed by atoms with Crippen molar-refractivity contribution in [3.05, 3.63) is 135 Å². The number of halogens is 3. The SMILES string of the molecule is O=C(Nc1ccc(SCC(=O)c2ccccc2Cl)cc1)/C(=C/c1ccc(Cl)cc1Cl)NC(=O)c1ccccc1. The molecule has 0 bridgehead atoms. The molecule has 2 N–H and O–H groups in total. The molecule has 4 aromatic carbocycles. The minimum absolute atomic E-state index is 0.00290. The largest absolute Gasteiger partial charge is 0.321 e. The van der Waals surface area contributed by atoms with Crippen LogP contribution in [0.5, 0.6) is 0 Å². The Morgan fingerprint density at radius 2 is 1.46 bits per heavy atom. The molecule has 0 saturated heterocycles. The summed E-state index contributed by atoms with van der Waals surface area (Å²) in [5.41, 5.74) is 1.88. The van der Waals surface area contributed by atoms with Gasteiger partial charge in [-0.05, 0) is 72.3 Å². The molecule has 4 aromatic rings. The molecule has 5 nitrogen and oxygen atoms in total. The minimum atomic E-state index is -0.542. The van der Waals surface area contributed by atoms with E-state index in [0.717, 1.165) is 4.90 Å². The second-order valence-electron chi connectivity index (χ2n) is 8.21. The first-order valence-corrected chi connectivity index (χ1v) is 13.8. The lowest BCUT2D eigenvalue weighted by atomic mass is 10.1. The van der Waals surface area contributed by atoms with E-state index in [-0.39, 0.29) is 17.2 Å². The summed E-state index contributed by atoms with van der Waals surface area (Å²) in [6.07, 6.45) is 1.49. The Labute approximate surface area is 245 Å². The lowest BCUT2D eigenvalue weighted by Gasteiger charge is -2.12. The van der Waals surface area contributed by atoms with E-state index in [1.54, 1.807) is 97.1 Å². The number of carbonyl (C=O) groups excluding carboxylic acids is 3. The van der Waals surface area contributed by atoms with Crippen molar-refractivity contribution in [3.63, 3.8) is 0 Å². The summed E-state index contributed by atoms with van der Waals surface area (Å²) in [5, 5.41) is 6.66. The van der Waals surface area contributed by atoms with Crippen LogP contribution in [0.2, 0.25) is 15.1 Å². The van der Waals surface area contributed by atoms with Gasteiger partial charge in [0.2, 0.25) is 0 Å². The van der Waals surface area contributed by atoms with Crippen molar-refractivity contribution in [1.82, 2.24) is 5.32 Å². The zero-order valence-electron chi connectivity index (χ0n) is 20.3. The summed E-state index contributed by atoms with van der Waals surface area (Å²) in [5.74, 6) is -0.847. The Morgan fingerprint density at radius 3 is 2.15 bits per heavy atom. The van der Waals surface area contributed by atoms with Gasteiger partial charge in [-0.3, -0.25) is 14.4 Å². The summed E-state index contributed by atoms with van der Waals surface area (Å²) in [7, 11) is 0. The molecule has 0 aliphatic carbocycles. The van der Waals surface area contributed by atoms with Crippen LogP contribution < -0.4 is 10.6 Å². The van der Waals surface area contributed by atoms with E-state index < -0.39 is 11.8 Å². The van der Waals surface area contributed by atoms with Gasteiger partial charge in [0.15, 0.2) is 5.78 Å². The number of carbonyl (C=O) groups is 3. The van der Waals surface area contributed by atoms with Crippen molar-refractivity contribution in [3.8, 4) is 0 Å². The molecular weight excluding hydrogens is 575 g/mol. The Hall–Kier alpha value is -3.55. The summed E-state index contributed by atoms with van der Waals surface area (Å²) < 4.78 is 0. The van der Waals surface area contributed by atoms with Gasteiger partial charge in [0, 0.05) is 31.8 Å². The second-order valence-corrected chi connectivity index (χ2v) is 10.5. The normalized spacial score (nSPS) is 11.1. The number of benzene rings is 4. The number of anilines is 1. The molecule has 196 valence electrons. The highest BCUT2D eigenvalue weighted by atomic mass is 35.5. The maximum Gasteiger partial charge on any atom is 0.272 e. The van der Waals surface area contributed by atoms with E-state index in [1.807, 2.05) is 0 Å². The summed E-state index contributed by atoms with van der Waals surface area (Å²) in [4.78, 5) is 39.4. The molecular formula is C30H21Cl3N2O3S. The molecule has 0 aliphatic rings. The van der Waals surface area contributed by atoms with Gasteiger partial charge >= 0.3 is 0 Å². The third kappa shape index (κ3) is 7.97. The van der Waals surface area contributed by atoms with Crippen LogP contribution in [0, 0.1) is 0 Å². The van der Waals surface area contributed by atoms with Gasteiger partial charge in [0.1, 0.15) is 5.70 Å². The Kier molecular flexibility index (Phi) is 9.85. The lowest BCUT2D eigenvalue weighted by molar-refractivity contribution is -0.113. The Bertz CT molecular complexity index is 1540. The Morgan fingerprint density at radius 1 is 0.769 bits per heavy atom. The van der Waals surface area contributed by atoms with E-state index in [2.05, 4.69) is 10.6 Å². The predicted molar refractivity (Wildman–Crippen MR) is 160 cm³/mol. The molecule has 0 aromatic heterocycles. The molecule has 0 spiro atoms. The zero-order chi connectivity index (χ0) is 27.8. The summed E-state index contributed by atoms with van der Waals surface area (Å²) in [6, 6.07) is 27.3. The van der Waals surface area contributed by atoms with Crippen LogP contribution in [-0.2, 0) is 4.79 Å². The van der Waals surface area contributed by atoms with Gasteiger partial charge < -0.3 is 10.6 Å². The molecule has 0 heterocycles. The molecule has 0 saturated carbocycles. The van der Waals surface area contributed by atoms with Crippen molar-refractivity contribution in [1.29, 1.82) is 0 Å². The number of hydrogen-bond donors (Lipinski definition) is 2. The van der Waals surface area contributed by atoms with Gasteiger partial charge in [0.25, 0.3) is 11.8 Å². The standard InChI is InChI=1S/C30H21Cl3N2O3S/c31-21-11-10-20(26(33)17-21)16-27(35-29(37)19-6-2-1-3-7-19)30(38)34-22-12-14-23(15-13-22)39-18-28(36)24-8-4-5-9-25(24)32/h1-17H,18H2,(H,34,38)(H,35,37)/b27-16-. The van der Waals surface area contributed by atoms with E-state index in [1.165, 1.54) is 17.8 Å². The number of amides is 2. The maximum atomic E-state index is 13.2. The minimum Gasteiger partial charge on any atom is -0.321 e. The molecule has 2 amide bonds. The van der Waals surface area contributed by atoms with E-state index >= 15 is 0 Å². The fraction of sp³-hybridized carbons (Fsp3) is 0.0333. The smallest absolute Gasteiger partial charge is 0.272 e. The first-order valence-electron chi connectivity index (χ1n) is 11.7. The van der Waals surface area contributed by atoms with Crippen LogP contribution in [-0.4, -0.2) is 23.4 Å². The number of hydrogen-bond acceptors (Lipinski definition) is 4. The van der Waals surface area contributed by atoms with E-state index in [4.69, 9.17) is 34.8 Å². The summed E-state index contributed by atoms with van der Waals surface area (Å²) >= 11 is 19.8. The van der Waals surface area contributed by atoms with Crippen LogP contribution in [0.1, 0.15) is 26.3 Å². The van der Waals surface area contributed by atoms with Crippen LogP contribution in [0.25, 0.3) is 6.08 Å². The van der Waals surface area contributed by atoms with Gasteiger partial charge in [-0.1, -0.05) is 71.2 Å². The monoisotopic (exact) mass is 594 g/mol. The number of ketones is 1. The maximum absolute atomic E-state index is 13.2. The third-order valence-electron chi connectivity index (χ3n) is 5.45. The van der Waals surface area contributed by atoms with Crippen LogP contribution in [0.3, 0.4) is 0 Å². The number of Topliss-reactive ketones (excluding diaryl/α,β-unsaturated/α-hetero) is 1. The van der Waals surface area contributed by atoms with Gasteiger partial charge in [-0.2, -0.15) is 0 Å². The highest BCUT2D eigenvalue weighted by Gasteiger charge is 2.16. The zero-order valence-corrected chi connectivity index (χ0v) is 23.4. The average Bonchev–Trinajstić information content (AvgIpc) is 2.94. The second kappa shape index (κ2) is 13.5. The topological polar surface area (TPSA) is 75.3 Å². The van der Waals surface area contributed by atoms with Crippen LogP contribution >= 0.6 is 46.6 Å². The number of rotatable bonds is 9. The predicted octanol–water partition coefficient (Wildman–Crippen LogP) is 8.03. The summed E-state index contributed by atoms with van der Waals surface area (Å²) in [6.45, 7) is 0. The van der Waals surface area contributed by atoms with Crippen molar-refractivity contribution in [2.45, 2.75) is 4.90 Å². The molecule has 39 heavy (non-hydrogen) atoms. The van der Waals surface area contributed by atoms with E-state index in [0.29, 0.717) is 37.4 Å².